The Balaban J connectivity index is 2.01. The number of carbonyl (C=O) groups excluding carboxylic acids is 1. The second kappa shape index (κ2) is 5.38. The standard InChI is InChI=1S/C15H20N4O4/c1-7(2)16-14(21)17-12-8-5-9-10(19-23-18-9)6-11(8)22-15(3,4)13(12)20/h5-7,12-13,20H,1-4H3,(H2,16,17,21). The molecule has 8 heteroatoms. The van der Waals surface area contributed by atoms with Crippen LogP contribution < -0.4 is 15.4 Å². The van der Waals surface area contributed by atoms with Crippen molar-refractivity contribution in [1.82, 2.24) is 20.9 Å². The van der Waals surface area contributed by atoms with Crippen molar-refractivity contribution in [3.8, 4) is 5.75 Å². The summed E-state index contributed by atoms with van der Waals surface area (Å²) in [4.78, 5) is 12.1. The Morgan fingerprint density at radius 3 is 2.61 bits per heavy atom. The van der Waals surface area contributed by atoms with Crippen LogP contribution in [0.25, 0.3) is 11.0 Å². The van der Waals surface area contributed by atoms with E-state index in [4.69, 9.17) is 9.37 Å². The lowest BCUT2D eigenvalue weighted by atomic mass is 9.86. The molecule has 8 nitrogen and oxygen atoms in total. The number of hydrogen-bond acceptors (Lipinski definition) is 6. The molecule has 2 aromatic rings. The summed E-state index contributed by atoms with van der Waals surface area (Å²) in [6.45, 7) is 7.26. The molecule has 0 aliphatic carbocycles. The fourth-order valence-electron chi connectivity index (χ4n) is 2.68. The summed E-state index contributed by atoms with van der Waals surface area (Å²) >= 11 is 0. The molecule has 1 aliphatic heterocycles. The third-order valence-corrected chi connectivity index (χ3v) is 3.83. The molecule has 3 rings (SSSR count). The van der Waals surface area contributed by atoms with Crippen LogP contribution in [0.15, 0.2) is 16.8 Å². The van der Waals surface area contributed by atoms with Crippen LogP contribution in [0.4, 0.5) is 4.79 Å². The molecule has 3 N–H and O–H groups in total. The van der Waals surface area contributed by atoms with Crippen molar-refractivity contribution in [2.45, 2.75) is 51.5 Å². The van der Waals surface area contributed by atoms with Gasteiger partial charge >= 0.3 is 6.03 Å². The molecule has 23 heavy (non-hydrogen) atoms. The summed E-state index contributed by atoms with van der Waals surface area (Å²) in [7, 11) is 0. The van der Waals surface area contributed by atoms with Crippen molar-refractivity contribution in [1.29, 1.82) is 0 Å². The monoisotopic (exact) mass is 320 g/mol. The fourth-order valence-corrected chi connectivity index (χ4v) is 2.68. The molecule has 2 amide bonds. The molecule has 1 aliphatic rings. The number of benzene rings is 1. The van der Waals surface area contributed by atoms with Crippen LogP contribution in [0, 0.1) is 0 Å². The smallest absolute Gasteiger partial charge is 0.315 e. The minimum atomic E-state index is -0.926. The van der Waals surface area contributed by atoms with E-state index in [9.17, 15) is 9.90 Å². The highest BCUT2D eigenvalue weighted by molar-refractivity contribution is 5.79. The van der Waals surface area contributed by atoms with Gasteiger partial charge in [-0.2, -0.15) is 0 Å². The van der Waals surface area contributed by atoms with E-state index in [0.29, 0.717) is 22.3 Å². The van der Waals surface area contributed by atoms with Crippen LogP contribution in [0.3, 0.4) is 0 Å². The number of nitrogens with one attached hydrogen (secondary N) is 2. The van der Waals surface area contributed by atoms with Gasteiger partial charge in [0.25, 0.3) is 0 Å². The Morgan fingerprint density at radius 1 is 1.30 bits per heavy atom. The third kappa shape index (κ3) is 2.81. The number of hydrogen-bond donors (Lipinski definition) is 3. The summed E-state index contributed by atoms with van der Waals surface area (Å²) in [6.07, 6.45) is -0.926. The first-order chi connectivity index (χ1) is 10.8. The van der Waals surface area contributed by atoms with Gasteiger partial charge in [0.15, 0.2) is 0 Å². The number of aliphatic hydroxyl groups excluding tert-OH is 1. The zero-order chi connectivity index (χ0) is 16.8. The highest BCUT2D eigenvalue weighted by Gasteiger charge is 2.44. The van der Waals surface area contributed by atoms with Crippen LogP contribution in [0.2, 0.25) is 0 Å². The van der Waals surface area contributed by atoms with Crippen molar-refractivity contribution >= 4 is 17.1 Å². The zero-order valence-corrected chi connectivity index (χ0v) is 13.5. The molecule has 2 atom stereocenters. The minimum absolute atomic E-state index is 0.0123. The Morgan fingerprint density at radius 2 is 1.96 bits per heavy atom. The summed E-state index contributed by atoms with van der Waals surface area (Å²) in [6, 6.07) is 2.41. The Bertz CT molecular complexity index is 740. The zero-order valence-electron chi connectivity index (χ0n) is 13.5. The van der Waals surface area contributed by atoms with E-state index in [2.05, 4.69) is 20.9 Å². The number of ether oxygens (including phenoxy) is 1. The lowest BCUT2D eigenvalue weighted by Crippen LogP contribution is -2.55. The van der Waals surface area contributed by atoms with Gasteiger partial charge in [0.2, 0.25) is 0 Å². The van der Waals surface area contributed by atoms with Crippen LogP contribution >= 0.6 is 0 Å². The van der Waals surface area contributed by atoms with Gasteiger partial charge in [0.1, 0.15) is 28.5 Å². The average molecular weight is 320 g/mol. The topological polar surface area (TPSA) is 110 Å². The van der Waals surface area contributed by atoms with E-state index in [-0.39, 0.29) is 12.1 Å². The fraction of sp³-hybridized carbons (Fsp3) is 0.533. The summed E-state index contributed by atoms with van der Waals surface area (Å²) in [5.41, 5.74) is 0.865. The number of rotatable bonds is 2. The molecule has 1 aromatic carbocycles. The number of carbonyl (C=O) groups is 1. The molecule has 0 bridgehead atoms. The van der Waals surface area contributed by atoms with Gasteiger partial charge in [0.05, 0.1) is 6.04 Å². The first-order valence-electron chi connectivity index (χ1n) is 7.48. The highest BCUT2D eigenvalue weighted by Crippen LogP contribution is 2.41. The number of aromatic nitrogens is 2. The minimum Gasteiger partial charge on any atom is -0.485 e. The molecular weight excluding hydrogens is 300 g/mol. The van der Waals surface area contributed by atoms with E-state index in [0.717, 1.165) is 0 Å². The molecule has 0 saturated carbocycles. The molecule has 1 aromatic heterocycles. The van der Waals surface area contributed by atoms with Crippen molar-refractivity contribution in [3.63, 3.8) is 0 Å². The van der Waals surface area contributed by atoms with Crippen molar-refractivity contribution in [2.75, 3.05) is 0 Å². The van der Waals surface area contributed by atoms with Crippen LogP contribution in [-0.4, -0.2) is 39.2 Å². The molecule has 0 fully saturated rings. The van der Waals surface area contributed by atoms with Gasteiger partial charge in [0, 0.05) is 17.7 Å². The third-order valence-electron chi connectivity index (χ3n) is 3.83. The number of urea groups is 1. The molecule has 124 valence electrons. The maximum Gasteiger partial charge on any atom is 0.315 e. The van der Waals surface area contributed by atoms with E-state index >= 15 is 0 Å². The number of amides is 2. The lowest BCUT2D eigenvalue weighted by Gasteiger charge is -2.42. The Labute approximate surface area is 133 Å². The first kappa shape index (κ1) is 15.5. The predicted molar refractivity (Wildman–Crippen MR) is 82.1 cm³/mol. The van der Waals surface area contributed by atoms with E-state index in [1.54, 1.807) is 26.0 Å². The normalized spacial score (nSPS) is 22.5. The van der Waals surface area contributed by atoms with Gasteiger partial charge in [-0.25, -0.2) is 9.42 Å². The van der Waals surface area contributed by atoms with Crippen molar-refractivity contribution in [3.05, 3.63) is 17.7 Å². The summed E-state index contributed by atoms with van der Waals surface area (Å²) in [5, 5.41) is 23.8. The van der Waals surface area contributed by atoms with Gasteiger partial charge in [-0.3, -0.25) is 0 Å². The van der Waals surface area contributed by atoms with Crippen LogP contribution in [-0.2, 0) is 0 Å². The predicted octanol–water partition coefficient (Wildman–Crippen LogP) is 1.50. The van der Waals surface area contributed by atoms with E-state index in [1.165, 1.54) is 0 Å². The van der Waals surface area contributed by atoms with Gasteiger partial charge in [-0.1, -0.05) is 0 Å². The molecular formula is C15H20N4O4. The Hall–Kier alpha value is -2.35. The van der Waals surface area contributed by atoms with Gasteiger partial charge in [-0.05, 0) is 44.1 Å². The largest absolute Gasteiger partial charge is 0.485 e. The summed E-state index contributed by atoms with van der Waals surface area (Å²) in [5.74, 6) is 0.540. The highest BCUT2D eigenvalue weighted by atomic mass is 16.6. The number of nitrogens with zero attached hydrogens (tertiary/aromatic N) is 2. The summed E-state index contributed by atoms with van der Waals surface area (Å²) < 4.78 is 10.6. The lowest BCUT2D eigenvalue weighted by molar-refractivity contribution is -0.0620. The van der Waals surface area contributed by atoms with Crippen molar-refractivity contribution < 1.29 is 19.3 Å². The first-order valence-corrected chi connectivity index (χ1v) is 7.48. The second-order valence-corrected chi connectivity index (χ2v) is 6.54. The maximum absolute atomic E-state index is 12.1. The van der Waals surface area contributed by atoms with Crippen molar-refractivity contribution in [2.24, 2.45) is 0 Å². The van der Waals surface area contributed by atoms with Crippen LogP contribution in [0.1, 0.15) is 39.3 Å². The van der Waals surface area contributed by atoms with Gasteiger partial charge < -0.3 is 20.5 Å². The van der Waals surface area contributed by atoms with Crippen LogP contribution in [0.5, 0.6) is 5.75 Å². The second-order valence-electron chi connectivity index (χ2n) is 6.54. The number of fused-ring (bicyclic) bond motifs is 2. The molecule has 2 heterocycles. The maximum atomic E-state index is 12.1. The quantitative estimate of drug-likeness (QED) is 0.773. The molecule has 2 unspecified atom stereocenters. The number of aliphatic hydroxyl groups is 1. The van der Waals surface area contributed by atoms with E-state index in [1.807, 2.05) is 13.8 Å². The van der Waals surface area contributed by atoms with Gasteiger partial charge in [-0.15, -0.1) is 0 Å². The molecule has 0 radical (unpaired) electrons. The molecule has 0 saturated heterocycles. The Kier molecular flexibility index (Phi) is 3.63. The average Bonchev–Trinajstić information content (AvgIpc) is 2.88. The molecule has 0 spiro atoms. The van der Waals surface area contributed by atoms with E-state index < -0.39 is 17.7 Å². The SMILES string of the molecule is CC(C)NC(=O)NC1c2cc3nonc3cc2OC(C)(C)C1O.